The molecule has 1 N–H and O–H groups in total. The van der Waals surface area contributed by atoms with Gasteiger partial charge in [-0.05, 0) is 13.0 Å². The number of oxime groups is 1. The minimum absolute atomic E-state index is 0.236. The first-order chi connectivity index (χ1) is 11.0. The Balaban J connectivity index is 1.65. The Kier molecular flexibility index (Phi) is 4.04. The van der Waals surface area contributed by atoms with Crippen LogP contribution in [-0.4, -0.2) is 32.0 Å². The lowest BCUT2D eigenvalue weighted by molar-refractivity contribution is -0.141. The van der Waals surface area contributed by atoms with Gasteiger partial charge in [0, 0.05) is 24.1 Å². The van der Waals surface area contributed by atoms with Crippen molar-refractivity contribution in [3.05, 3.63) is 47.0 Å². The van der Waals surface area contributed by atoms with Gasteiger partial charge in [0.25, 0.3) is 5.91 Å². The molecule has 8 heteroatoms. The Morgan fingerprint density at radius 2 is 2.26 bits per heavy atom. The van der Waals surface area contributed by atoms with E-state index in [9.17, 15) is 4.79 Å². The Morgan fingerprint density at radius 1 is 1.48 bits per heavy atom. The molecular weight excluding hydrogens is 318 g/mol. The molecule has 1 aliphatic heterocycles. The summed E-state index contributed by atoms with van der Waals surface area (Å²) in [5.41, 5.74) is 0.366. The summed E-state index contributed by atoms with van der Waals surface area (Å²) in [5, 5.41) is 11.5. The number of nitrogens with one attached hydrogen (secondary N) is 1. The number of amides is 1. The number of nitrogens with zero attached hydrogens (tertiary/aromatic N) is 4. The highest BCUT2D eigenvalue weighted by atomic mass is 35.5. The number of aromatic nitrogens is 3. The summed E-state index contributed by atoms with van der Waals surface area (Å²) in [6, 6.07) is 7.34. The molecule has 0 saturated carbocycles. The van der Waals surface area contributed by atoms with Gasteiger partial charge < -0.3 is 10.2 Å². The second kappa shape index (κ2) is 6.00. The highest BCUT2D eigenvalue weighted by molar-refractivity contribution is 6.34. The van der Waals surface area contributed by atoms with Crippen molar-refractivity contribution in [2.24, 2.45) is 12.2 Å². The molecule has 1 aromatic heterocycles. The molecule has 0 radical (unpaired) electrons. The molecule has 2 heterocycles. The quantitative estimate of drug-likeness (QED) is 0.922. The predicted octanol–water partition coefficient (Wildman–Crippen LogP) is 1.67. The van der Waals surface area contributed by atoms with Gasteiger partial charge in [0.05, 0.1) is 12.3 Å². The normalized spacial score (nSPS) is 20.0. The Hall–Kier alpha value is -2.41. The van der Waals surface area contributed by atoms with Crippen LogP contribution in [0.5, 0.6) is 0 Å². The van der Waals surface area contributed by atoms with Crippen LogP contribution in [-0.2, 0) is 23.2 Å². The van der Waals surface area contributed by atoms with E-state index in [2.05, 4.69) is 20.6 Å². The first-order valence-corrected chi connectivity index (χ1v) is 7.48. The zero-order valence-corrected chi connectivity index (χ0v) is 13.5. The fourth-order valence-electron chi connectivity index (χ4n) is 2.31. The Labute approximate surface area is 138 Å². The van der Waals surface area contributed by atoms with Gasteiger partial charge in [0.1, 0.15) is 6.33 Å². The Bertz CT molecular complexity index is 773. The molecule has 0 aliphatic carbocycles. The highest BCUT2D eigenvalue weighted by Gasteiger charge is 2.42. The molecule has 0 bridgehead atoms. The largest absolute Gasteiger partial charge is 0.379 e. The topological polar surface area (TPSA) is 81.4 Å². The molecule has 120 valence electrons. The number of carbonyl (C=O) groups excluding carboxylic acids is 1. The van der Waals surface area contributed by atoms with Crippen LogP contribution in [0.15, 0.2) is 35.7 Å². The number of hydrogen-bond acceptors (Lipinski definition) is 5. The molecule has 0 saturated heterocycles. The molecule has 1 amide bonds. The standard InChI is InChI=1S/C15H16ClN5O2/c1-15(14(22)17-8-13-18-9-21(2)19-13)7-12(20-23-15)10-5-3-4-6-11(10)16/h3-6,9H,7-8H2,1-2H3,(H,17,22)/t15-/m0/s1. The molecule has 0 spiro atoms. The second-order valence-electron chi connectivity index (χ2n) is 5.53. The maximum atomic E-state index is 12.4. The van der Waals surface area contributed by atoms with Crippen molar-refractivity contribution >= 4 is 23.2 Å². The zero-order valence-electron chi connectivity index (χ0n) is 12.8. The van der Waals surface area contributed by atoms with Crippen molar-refractivity contribution in [2.45, 2.75) is 25.5 Å². The lowest BCUT2D eigenvalue weighted by Gasteiger charge is -2.19. The third kappa shape index (κ3) is 3.19. The van der Waals surface area contributed by atoms with Crippen LogP contribution >= 0.6 is 11.6 Å². The van der Waals surface area contributed by atoms with E-state index >= 15 is 0 Å². The number of halogens is 1. The van der Waals surface area contributed by atoms with Gasteiger partial charge in [-0.1, -0.05) is 35.0 Å². The maximum Gasteiger partial charge on any atom is 0.267 e. The van der Waals surface area contributed by atoms with E-state index in [0.717, 1.165) is 5.56 Å². The smallest absolute Gasteiger partial charge is 0.267 e. The van der Waals surface area contributed by atoms with Crippen molar-refractivity contribution in [1.82, 2.24) is 20.1 Å². The lowest BCUT2D eigenvalue weighted by Crippen LogP contribution is -2.44. The van der Waals surface area contributed by atoms with Crippen molar-refractivity contribution in [1.29, 1.82) is 0 Å². The van der Waals surface area contributed by atoms with Crippen LogP contribution in [0.4, 0.5) is 0 Å². The molecule has 1 atom stereocenters. The van der Waals surface area contributed by atoms with Gasteiger partial charge in [0.2, 0.25) is 5.60 Å². The van der Waals surface area contributed by atoms with E-state index < -0.39 is 5.60 Å². The van der Waals surface area contributed by atoms with E-state index in [1.807, 2.05) is 18.2 Å². The average Bonchev–Trinajstić information content (AvgIpc) is 3.12. The molecule has 0 unspecified atom stereocenters. The number of carbonyl (C=O) groups is 1. The fourth-order valence-corrected chi connectivity index (χ4v) is 2.56. The highest BCUT2D eigenvalue weighted by Crippen LogP contribution is 2.29. The van der Waals surface area contributed by atoms with Crippen LogP contribution in [0, 0.1) is 0 Å². The molecule has 3 rings (SSSR count). The van der Waals surface area contributed by atoms with Crippen LogP contribution in [0.25, 0.3) is 0 Å². The van der Waals surface area contributed by atoms with Gasteiger partial charge in [-0.15, -0.1) is 0 Å². The van der Waals surface area contributed by atoms with Gasteiger partial charge in [-0.3, -0.25) is 9.48 Å². The van der Waals surface area contributed by atoms with Crippen LogP contribution in [0.1, 0.15) is 24.7 Å². The molecular formula is C15H16ClN5O2. The summed E-state index contributed by atoms with van der Waals surface area (Å²) in [5.74, 6) is 0.269. The van der Waals surface area contributed by atoms with E-state index in [4.69, 9.17) is 16.4 Å². The van der Waals surface area contributed by atoms with Crippen LogP contribution < -0.4 is 5.32 Å². The molecule has 1 aliphatic rings. The number of benzene rings is 1. The van der Waals surface area contributed by atoms with E-state index in [1.165, 1.54) is 0 Å². The van der Waals surface area contributed by atoms with Crippen LogP contribution in [0.2, 0.25) is 5.02 Å². The predicted molar refractivity (Wildman–Crippen MR) is 84.9 cm³/mol. The van der Waals surface area contributed by atoms with Crippen molar-refractivity contribution in [2.75, 3.05) is 0 Å². The maximum absolute atomic E-state index is 12.4. The minimum Gasteiger partial charge on any atom is -0.379 e. The molecule has 23 heavy (non-hydrogen) atoms. The van der Waals surface area contributed by atoms with E-state index in [0.29, 0.717) is 23.0 Å². The first-order valence-electron chi connectivity index (χ1n) is 7.11. The summed E-state index contributed by atoms with van der Waals surface area (Å²) >= 11 is 6.16. The summed E-state index contributed by atoms with van der Waals surface area (Å²) in [4.78, 5) is 21.9. The molecule has 1 aromatic carbocycles. The molecule has 0 fully saturated rings. The zero-order chi connectivity index (χ0) is 16.4. The number of hydrogen-bond donors (Lipinski definition) is 1. The summed E-state index contributed by atoms with van der Waals surface area (Å²) in [7, 11) is 1.77. The molecule has 2 aromatic rings. The van der Waals surface area contributed by atoms with Crippen molar-refractivity contribution in [3.8, 4) is 0 Å². The summed E-state index contributed by atoms with van der Waals surface area (Å²) < 4.78 is 1.58. The number of rotatable bonds is 4. The third-order valence-electron chi connectivity index (χ3n) is 3.58. The second-order valence-corrected chi connectivity index (χ2v) is 5.94. The monoisotopic (exact) mass is 333 g/mol. The minimum atomic E-state index is -1.07. The Morgan fingerprint density at radius 3 is 2.96 bits per heavy atom. The van der Waals surface area contributed by atoms with Gasteiger partial charge >= 0.3 is 0 Å². The summed E-state index contributed by atoms with van der Waals surface area (Å²) in [6.45, 7) is 1.93. The first kappa shape index (κ1) is 15.5. The fraction of sp³-hybridized carbons (Fsp3) is 0.333. The lowest BCUT2D eigenvalue weighted by atomic mass is 9.95. The molecule has 7 nitrogen and oxygen atoms in total. The summed E-state index contributed by atoms with van der Waals surface area (Å²) in [6.07, 6.45) is 1.92. The SMILES string of the molecule is Cn1cnc(CNC(=O)[C@]2(C)CC(c3ccccc3Cl)=NO2)n1. The van der Waals surface area contributed by atoms with Crippen LogP contribution in [0.3, 0.4) is 0 Å². The van der Waals surface area contributed by atoms with Gasteiger partial charge in [-0.2, -0.15) is 5.10 Å². The van der Waals surface area contributed by atoms with Crippen molar-refractivity contribution < 1.29 is 9.63 Å². The third-order valence-corrected chi connectivity index (χ3v) is 3.91. The number of aryl methyl sites for hydroxylation is 1. The van der Waals surface area contributed by atoms with Gasteiger partial charge in [0.15, 0.2) is 5.82 Å². The van der Waals surface area contributed by atoms with E-state index in [1.54, 1.807) is 31.0 Å². The van der Waals surface area contributed by atoms with E-state index in [-0.39, 0.29) is 12.5 Å². The van der Waals surface area contributed by atoms with Gasteiger partial charge in [-0.25, -0.2) is 4.98 Å². The van der Waals surface area contributed by atoms with Crippen molar-refractivity contribution in [3.63, 3.8) is 0 Å². The average molecular weight is 334 g/mol.